The molecule has 0 saturated carbocycles. The van der Waals surface area contributed by atoms with Gasteiger partial charge in [0.15, 0.2) is 0 Å². The molecule has 100 valence electrons. The fourth-order valence-corrected chi connectivity index (χ4v) is 2.92. The van der Waals surface area contributed by atoms with Crippen molar-refractivity contribution in [3.05, 3.63) is 29.3 Å². The van der Waals surface area contributed by atoms with Crippen LogP contribution in [0.1, 0.15) is 17.5 Å². The van der Waals surface area contributed by atoms with Crippen molar-refractivity contribution < 1.29 is 13.2 Å². The monoisotopic (exact) mass is 267 g/mol. The van der Waals surface area contributed by atoms with Crippen LogP contribution in [0.3, 0.4) is 0 Å². The molecular formula is C13H12F3N3. The van der Waals surface area contributed by atoms with Crippen LogP contribution in [0.25, 0.3) is 0 Å². The lowest BCUT2D eigenvalue weighted by atomic mass is 10.1. The van der Waals surface area contributed by atoms with E-state index in [4.69, 9.17) is 5.26 Å². The number of nitrogens with zero attached hydrogens (tertiary/aromatic N) is 2. The van der Waals surface area contributed by atoms with Gasteiger partial charge in [0.05, 0.1) is 17.2 Å². The SMILES string of the molecule is N#Cc1ccc(N2C[C@H]3C[C@@H]2CN3)cc1C(F)(F)F. The molecule has 0 amide bonds. The van der Waals surface area contributed by atoms with Crippen LogP contribution in [0.4, 0.5) is 18.9 Å². The van der Waals surface area contributed by atoms with Crippen molar-refractivity contribution in [2.75, 3.05) is 18.0 Å². The highest BCUT2D eigenvalue weighted by atomic mass is 19.4. The summed E-state index contributed by atoms with van der Waals surface area (Å²) in [5, 5.41) is 12.1. The van der Waals surface area contributed by atoms with Gasteiger partial charge in [-0.2, -0.15) is 18.4 Å². The molecule has 0 radical (unpaired) electrons. The van der Waals surface area contributed by atoms with Gasteiger partial charge in [-0.05, 0) is 24.6 Å². The number of rotatable bonds is 1. The smallest absolute Gasteiger partial charge is 0.366 e. The van der Waals surface area contributed by atoms with Crippen molar-refractivity contribution in [2.24, 2.45) is 0 Å². The Labute approximate surface area is 108 Å². The first-order valence-electron chi connectivity index (χ1n) is 6.10. The summed E-state index contributed by atoms with van der Waals surface area (Å²) in [5.74, 6) is 0. The van der Waals surface area contributed by atoms with E-state index in [0.29, 0.717) is 11.7 Å². The lowest BCUT2D eigenvalue weighted by Crippen LogP contribution is -2.43. The molecule has 2 fully saturated rings. The molecule has 3 rings (SSSR count). The molecule has 2 aliphatic heterocycles. The molecule has 3 nitrogen and oxygen atoms in total. The van der Waals surface area contributed by atoms with Gasteiger partial charge >= 0.3 is 6.18 Å². The number of hydrogen-bond donors (Lipinski definition) is 1. The number of fused-ring (bicyclic) bond motifs is 2. The van der Waals surface area contributed by atoms with Crippen molar-refractivity contribution >= 4 is 5.69 Å². The van der Waals surface area contributed by atoms with E-state index >= 15 is 0 Å². The van der Waals surface area contributed by atoms with Crippen LogP contribution >= 0.6 is 0 Å². The summed E-state index contributed by atoms with van der Waals surface area (Å²) in [4.78, 5) is 2.00. The van der Waals surface area contributed by atoms with Gasteiger partial charge in [-0.25, -0.2) is 0 Å². The predicted molar refractivity (Wildman–Crippen MR) is 63.7 cm³/mol. The number of hydrogen-bond acceptors (Lipinski definition) is 3. The standard InChI is InChI=1S/C13H12F3N3/c14-13(15,16)12-4-10(2-1-8(12)5-17)19-7-9-3-11(19)6-18-9/h1-2,4,9,11,18H,3,6-7H2/t9-,11-/m1/s1. The summed E-state index contributed by atoms with van der Waals surface area (Å²) in [5.41, 5.74) is -0.609. The molecular weight excluding hydrogens is 255 g/mol. The van der Waals surface area contributed by atoms with Crippen molar-refractivity contribution in [2.45, 2.75) is 24.7 Å². The zero-order valence-electron chi connectivity index (χ0n) is 10.0. The lowest BCUT2D eigenvalue weighted by molar-refractivity contribution is -0.137. The van der Waals surface area contributed by atoms with Gasteiger partial charge in [-0.3, -0.25) is 0 Å². The molecule has 1 N–H and O–H groups in total. The highest BCUT2D eigenvalue weighted by molar-refractivity contribution is 5.56. The molecule has 0 aromatic heterocycles. The van der Waals surface area contributed by atoms with Crippen LogP contribution in [-0.4, -0.2) is 25.2 Å². The molecule has 1 aromatic carbocycles. The average Bonchev–Trinajstić information content (AvgIpc) is 2.99. The van der Waals surface area contributed by atoms with Crippen molar-refractivity contribution in [3.8, 4) is 6.07 Å². The van der Waals surface area contributed by atoms with Crippen LogP contribution in [-0.2, 0) is 6.18 Å². The highest BCUT2D eigenvalue weighted by Gasteiger charge is 2.39. The minimum absolute atomic E-state index is 0.263. The van der Waals surface area contributed by atoms with Gasteiger partial charge in [0.1, 0.15) is 0 Å². The topological polar surface area (TPSA) is 39.1 Å². The average molecular weight is 267 g/mol. The minimum Gasteiger partial charge on any atom is -0.366 e. The summed E-state index contributed by atoms with van der Waals surface area (Å²) in [7, 11) is 0. The van der Waals surface area contributed by atoms with Crippen LogP contribution < -0.4 is 10.2 Å². The zero-order valence-corrected chi connectivity index (χ0v) is 10.0. The molecule has 2 aliphatic rings. The highest BCUT2D eigenvalue weighted by Crippen LogP contribution is 2.36. The van der Waals surface area contributed by atoms with Gasteiger partial charge in [0, 0.05) is 30.9 Å². The Bertz CT molecular complexity index is 547. The van der Waals surface area contributed by atoms with Gasteiger partial charge in [-0.1, -0.05) is 0 Å². The second-order valence-electron chi connectivity index (χ2n) is 4.99. The van der Waals surface area contributed by atoms with Gasteiger partial charge in [0.25, 0.3) is 0 Å². The molecule has 1 aromatic rings. The molecule has 2 heterocycles. The number of nitrogens with one attached hydrogen (secondary N) is 1. The number of halogens is 3. The first-order chi connectivity index (χ1) is 8.99. The Morgan fingerprint density at radius 1 is 1.37 bits per heavy atom. The zero-order chi connectivity index (χ0) is 13.6. The number of piperazine rings is 1. The van der Waals surface area contributed by atoms with E-state index in [1.807, 2.05) is 4.90 Å². The lowest BCUT2D eigenvalue weighted by Gasteiger charge is -2.30. The molecule has 0 aliphatic carbocycles. The molecule has 6 heteroatoms. The van der Waals surface area contributed by atoms with Crippen LogP contribution in [0.5, 0.6) is 0 Å². The normalized spacial score (nSPS) is 25.7. The maximum atomic E-state index is 12.9. The number of benzene rings is 1. The molecule has 2 saturated heterocycles. The molecule has 0 spiro atoms. The number of anilines is 1. The Hall–Kier alpha value is -1.74. The van der Waals surface area contributed by atoms with E-state index in [2.05, 4.69) is 5.32 Å². The Morgan fingerprint density at radius 3 is 2.68 bits per heavy atom. The van der Waals surface area contributed by atoms with Gasteiger partial charge < -0.3 is 10.2 Å². The van der Waals surface area contributed by atoms with E-state index < -0.39 is 11.7 Å². The Kier molecular flexibility index (Phi) is 2.68. The summed E-state index contributed by atoms with van der Waals surface area (Å²) < 4.78 is 38.7. The summed E-state index contributed by atoms with van der Waals surface area (Å²) in [6.45, 7) is 1.54. The maximum Gasteiger partial charge on any atom is 0.417 e. The quantitative estimate of drug-likeness (QED) is 0.847. The second kappa shape index (κ2) is 4.14. The van der Waals surface area contributed by atoms with Crippen LogP contribution in [0, 0.1) is 11.3 Å². The first-order valence-corrected chi connectivity index (χ1v) is 6.10. The Balaban J connectivity index is 1.98. The van der Waals surface area contributed by atoms with E-state index in [1.165, 1.54) is 6.07 Å². The summed E-state index contributed by atoms with van der Waals surface area (Å²) >= 11 is 0. The van der Waals surface area contributed by atoms with Gasteiger partial charge in [0.2, 0.25) is 0 Å². The van der Waals surface area contributed by atoms with Crippen molar-refractivity contribution in [3.63, 3.8) is 0 Å². The summed E-state index contributed by atoms with van der Waals surface area (Å²) in [6, 6.07) is 6.20. The number of nitriles is 1. The summed E-state index contributed by atoms with van der Waals surface area (Å²) in [6.07, 6.45) is -3.51. The predicted octanol–water partition coefficient (Wildman–Crippen LogP) is 2.13. The molecule has 19 heavy (non-hydrogen) atoms. The minimum atomic E-state index is -4.49. The third-order valence-electron chi connectivity index (χ3n) is 3.82. The van der Waals surface area contributed by atoms with Crippen LogP contribution in [0.2, 0.25) is 0 Å². The fraction of sp³-hybridized carbons (Fsp3) is 0.462. The maximum absolute atomic E-state index is 12.9. The third kappa shape index (κ3) is 2.04. The van der Waals surface area contributed by atoms with E-state index in [1.54, 1.807) is 12.1 Å². The second-order valence-corrected chi connectivity index (χ2v) is 4.99. The van der Waals surface area contributed by atoms with Crippen LogP contribution in [0.15, 0.2) is 18.2 Å². The third-order valence-corrected chi connectivity index (χ3v) is 3.82. The Morgan fingerprint density at radius 2 is 2.16 bits per heavy atom. The fourth-order valence-electron chi connectivity index (χ4n) is 2.92. The van der Waals surface area contributed by atoms with E-state index in [-0.39, 0.29) is 11.6 Å². The van der Waals surface area contributed by atoms with Gasteiger partial charge in [-0.15, -0.1) is 0 Å². The largest absolute Gasteiger partial charge is 0.417 e. The van der Waals surface area contributed by atoms with E-state index in [9.17, 15) is 13.2 Å². The first kappa shape index (κ1) is 12.3. The van der Waals surface area contributed by atoms with Crippen molar-refractivity contribution in [1.82, 2.24) is 5.32 Å². The van der Waals surface area contributed by atoms with E-state index in [0.717, 1.165) is 25.6 Å². The number of alkyl halides is 3. The molecule has 2 atom stereocenters. The molecule has 0 unspecified atom stereocenters. The molecule has 2 bridgehead atoms. The van der Waals surface area contributed by atoms with Crippen molar-refractivity contribution in [1.29, 1.82) is 5.26 Å².